The van der Waals surface area contributed by atoms with Gasteiger partial charge in [-0.2, -0.15) is 0 Å². The van der Waals surface area contributed by atoms with Gasteiger partial charge in [0.2, 0.25) is 5.91 Å². The number of benzene rings is 5. The average Bonchev–Trinajstić information content (AvgIpc) is 3.71. The van der Waals surface area contributed by atoms with Gasteiger partial charge in [-0.05, 0) is 83.2 Å². The Bertz CT molecular complexity index is 2510. The van der Waals surface area contributed by atoms with E-state index >= 15 is 4.79 Å². The molecule has 9 rings (SSSR count). The van der Waals surface area contributed by atoms with E-state index in [2.05, 4.69) is 38.2 Å². The number of amides is 3. The second-order valence-corrected chi connectivity index (χ2v) is 21.8. The molecule has 11 nitrogen and oxygen atoms in total. The Hall–Kier alpha value is -5.95. The van der Waals surface area contributed by atoms with E-state index < -0.39 is 19.8 Å². The van der Waals surface area contributed by atoms with Gasteiger partial charge in [-0.1, -0.05) is 85.9 Å². The summed E-state index contributed by atoms with van der Waals surface area (Å²) in [5.41, 5.74) is 4.15. The third-order valence-electron chi connectivity index (χ3n) is 13.5. The van der Waals surface area contributed by atoms with Crippen LogP contribution in [0.1, 0.15) is 35.6 Å². The molecule has 0 bridgehead atoms. The van der Waals surface area contributed by atoms with Gasteiger partial charge in [-0.3, -0.25) is 19.3 Å². The Labute approximate surface area is 357 Å². The summed E-state index contributed by atoms with van der Waals surface area (Å²) in [6, 6.07) is 36.7. The molecule has 0 unspecified atom stereocenters. The van der Waals surface area contributed by atoms with E-state index in [1.807, 2.05) is 97.1 Å². The van der Waals surface area contributed by atoms with Crippen molar-refractivity contribution in [2.75, 3.05) is 37.2 Å². The normalized spacial score (nSPS) is 23.1. The molecule has 0 aromatic heterocycles. The minimum absolute atomic E-state index is 0.0473. The molecule has 1 spiro atoms. The van der Waals surface area contributed by atoms with Crippen molar-refractivity contribution in [3.05, 3.63) is 138 Å². The van der Waals surface area contributed by atoms with Gasteiger partial charge in [0, 0.05) is 23.7 Å². The number of methoxy groups -OCH3 is 2. The smallest absolute Gasteiger partial charge is 0.269 e. The molecule has 0 radical (unpaired) electrons. The second-order valence-electron chi connectivity index (χ2n) is 17.1. The Morgan fingerprint density at radius 1 is 0.852 bits per heavy atom. The summed E-state index contributed by atoms with van der Waals surface area (Å²) in [4.78, 5) is 48.9. The molecule has 0 aliphatic carbocycles. The lowest BCUT2D eigenvalue weighted by Gasteiger charge is -2.39. The van der Waals surface area contributed by atoms with Crippen molar-refractivity contribution < 1.29 is 38.4 Å². The van der Waals surface area contributed by atoms with Crippen LogP contribution in [0.15, 0.2) is 115 Å². The van der Waals surface area contributed by atoms with Crippen LogP contribution >= 0.6 is 0 Å². The lowest BCUT2D eigenvalue weighted by atomic mass is 9.82. The van der Waals surface area contributed by atoms with Crippen molar-refractivity contribution in [1.82, 2.24) is 4.90 Å². The van der Waals surface area contributed by atoms with Crippen LogP contribution in [0.25, 0.3) is 0 Å². The molecule has 4 aliphatic heterocycles. The van der Waals surface area contributed by atoms with Gasteiger partial charge >= 0.3 is 0 Å². The Morgan fingerprint density at radius 3 is 2.33 bits per heavy atom. The first-order valence-electron chi connectivity index (χ1n) is 20.9. The molecule has 3 amide bonds. The SMILES string of the molecule is COc1ccc([Si](C)(C)[C@@H]2[C@@H](CC(=O)N3Cc4ccccc4C[C@H]3CO)O[C@]3(C(=O)N(Cc4cccc(N5C(=O)COc6ccccc65)c4)c4ccc(OC)cc43)[C@H]2C)cc1. The predicted octanol–water partition coefficient (Wildman–Crippen LogP) is 6.86. The maximum Gasteiger partial charge on any atom is 0.269 e. The lowest BCUT2D eigenvalue weighted by Crippen LogP contribution is -2.52. The maximum absolute atomic E-state index is 15.6. The average molecular weight is 838 g/mol. The standard InChI is InChI=1S/C49H51N3O8Si/c1-31-47(61(4,5)39-20-17-37(57-2)18-21-39)44(26-45(54)50-28-34-13-7-6-12-33(34)24-36(50)29-53)60-49(31)40-25-38(58-3)19-22-41(40)51(48(49)56)27-32-11-10-14-35(23-32)52-42-15-8-9-16-43(42)59-30-46(52)55/h6-23,25,31,36,44,47,53H,24,26-30H2,1-5H3/t31-,36-,44+,47-,49+/m0/s1. The molecule has 5 aromatic rings. The topological polar surface area (TPSA) is 118 Å². The fraction of sp³-hybridized carbons (Fsp3) is 0.327. The molecule has 1 N–H and O–H groups in total. The van der Waals surface area contributed by atoms with E-state index in [1.54, 1.807) is 28.9 Å². The summed E-state index contributed by atoms with van der Waals surface area (Å²) in [6.45, 7) is 7.07. The minimum atomic E-state index is -2.58. The number of hydrogen-bond acceptors (Lipinski definition) is 8. The number of fused-ring (bicyclic) bond motifs is 4. The summed E-state index contributed by atoms with van der Waals surface area (Å²) in [7, 11) is 0.673. The third kappa shape index (κ3) is 6.77. The van der Waals surface area contributed by atoms with Crippen molar-refractivity contribution in [1.29, 1.82) is 0 Å². The molecule has 4 aliphatic rings. The lowest BCUT2D eigenvalue weighted by molar-refractivity contribution is -0.151. The number of carbonyl (C=O) groups excluding carboxylic acids is 3. The molecule has 61 heavy (non-hydrogen) atoms. The largest absolute Gasteiger partial charge is 0.497 e. The first-order valence-corrected chi connectivity index (χ1v) is 24.0. The van der Waals surface area contributed by atoms with Crippen LogP contribution in [0, 0.1) is 5.92 Å². The summed E-state index contributed by atoms with van der Waals surface area (Å²) < 4.78 is 24.4. The van der Waals surface area contributed by atoms with Gasteiger partial charge in [-0.25, -0.2) is 0 Å². The fourth-order valence-corrected chi connectivity index (χ4v) is 14.5. The van der Waals surface area contributed by atoms with Gasteiger partial charge in [0.05, 0.1) is 65.4 Å². The van der Waals surface area contributed by atoms with E-state index in [4.69, 9.17) is 18.9 Å². The summed E-state index contributed by atoms with van der Waals surface area (Å²) in [5.74, 6) is 1.10. The highest BCUT2D eigenvalue weighted by atomic mass is 28.3. The number of carbonyl (C=O) groups is 3. The van der Waals surface area contributed by atoms with Crippen molar-refractivity contribution in [2.24, 2.45) is 5.92 Å². The number of para-hydroxylation sites is 2. The molecule has 5 atom stereocenters. The molecule has 1 fully saturated rings. The summed E-state index contributed by atoms with van der Waals surface area (Å²) in [6.07, 6.45) is -0.0130. The first kappa shape index (κ1) is 40.5. The van der Waals surface area contributed by atoms with Crippen molar-refractivity contribution in [3.63, 3.8) is 0 Å². The Balaban J connectivity index is 1.10. The predicted molar refractivity (Wildman–Crippen MR) is 235 cm³/mol. The number of rotatable bonds is 10. The highest BCUT2D eigenvalue weighted by Crippen LogP contribution is 2.60. The molecular formula is C49H51N3O8Si. The zero-order chi connectivity index (χ0) is 42.6. The van der Waals surface area contributed by atoms with E-state index in [-0.39, 0.29) is 61.4 Å². The van der Waals surface area contributed by atoms with E-state index in [1.165, 1.54) is 0 Å². The summed E-state index contributed by atoms with van der Waals surface area (Å²) >= 11 is 0. The third-order valence-corrected chi connectivity index (χ3v) is 17.9. The van der Waals surface area contributed by atoms with Gasteiger partial charge < -0.3 is 33.9 Å². The molecule has 0 saturated carbocycles. The number of aliphatic hydroxyl groups is 1. The minimum Gasteiger partial charge on any atom is -0.497 e. The maximum atomic E-state index is 15.6. The van der Waals surface area contributed by atoms with Gasteiger partial charge in [-0.15, -0.1) is 0 Å². The Morgan fingerprint density at radius 2 is 1.57 bits per heavy atom. The quantitative estimate of drug-likeness (QED) is 0.152. The van der Waals surface area contributed by atoms with Crippen LogP contribution < -0.4 is 29.2 Å². The monoisotopic (exact) mass is 837 g/mol. The fourth-order valence-electron chi connectivity index (χ4n) is 10.5. The van der Waals surface area contributed by atoms with Gasteiger partial charge in [0.15, 0.2) is 12.2 Å². The molecule has 314 valence electrons. The zero-order valence-corrected chi connectivity index (χ0v) is 36.2. The van der Waals surface area contributed by atoms with Gasteiger partial charge in [0.1, 0.15) is 17.2 Å². The van der Waals surface area contributed by atoms with Crippen molar-refractivity contribution in [3.8, 4) is 17.2 Å². The van der Waals surface area contributed by atoms with Crippen molar-refractivity contribution in [2.45, 2.75) is 69.2 Å². The summed E-state index contributed by atoms with van der Waals surface area (Å²) in [5, 5.41) is 11.7. The van der Waals surface area contributed by atoms with E-state index in [0.29, 0.717) is 47.1 Å². The van der Waals surface area contributed by atoms with Gasteiger partial charge in [0.25, 0.3) is 11.8 Å². The molecule has 5 aromatic carbocycles. The number of anilines is 3. The number of aliphatic hydroxyl groups excluding tert-OH is 1. The zero-order valence-electron chi connectivity index (χ0n) is 35.2. The number of nitrogens with zero attached hydrogens (tertiary/aromatic N) is 3. The molecule has 4 heterocycles. The first-order chi connectivity index (χ1) is 29.5. The highest BCUT2D eigenvalue weighted by molar-refractivity contribution is 6.91. The Kier molecular flexibility index (Phi) is 10.5. The number of ether oxygens (including phenoxy) is 4. The highest BCUT2D eigenvalue weighted by Gasteiger charge is 2.66. The van der Waals surface area contributed by atoms with Crippen LogP contribution in [0.5, 0.6) is 17.2 Å². The van der Waals surface area contributed by atoms with E-state index in [0.717, 1.165) is 27.6 Å². The number of hydrogen-bond donors (Lipinski definition) is 1. The van der Waals surface area contributed by atoms with Crippen LogP contribution in [-0.2, 0) is 44.2 Å². The van der Waals surface area contributed by atoms with E-state index in [9.17, 15) is 14.7 Å². The van der Waals surface area contributed by atoms with Crippen molar-refractivity contribution >= 4 is 48.0 Å². The van der Waals surface area contributed by atoms with Crippen LogP contribution in [0.2, 0.25) is 18.6 Å². The second kappa shape index (κ2) is 15.8. The molecular weight excluding hydrogens is 787 g/mol. The van der Waals surface area contributed by atoms with Crippen LogP contribution in [0.4, 0.5) is 17.1 Å². The molecule has 12 heteroatoms. The van der Waals surface area contributed by atoms with Crippen LogP contribution in [0.3, 0.4) is 0 Å². The van der Waals surface area contributed by atoms with Crippen LogP contribution in [-0.4, -0.2) is 75.4 Å². The molecule has 1 saturated heterocycles.